The van der Waals surface area contributed by atoms with Crippen molar-refractivity contribution in [2.45, 2.75) is 19.3 Å². The predicted octanol–water partition coefficient (Wildman–Crippen LogP) is 1.21. The van der Waals surface area contributed by atoms with Gasteiger partial charge in [-0.1, -0.05) is 0 Å². The average Bonchev–Trinajstić information content (AvgIpc) is 2.51. The molecule has 1 aliphatic rings. The zero-order chi connectivity index (χ0) is 9.59. The Morgan fingerprint density at radius 1 is 1.69 bits per heavy atom. The van der Waals surface area contributed by atoms with E-state index in [2.05, 4.69) is 0 Å². The lowest BCUT2D eigenvalue weighted by atomic mass is 10.1. The fourth-order valence-electron chi connectivity index (χ4n) is 1.63. The summed E-state index contributed by atoms with van der Waals surface area (Å²) >= 11 is 1.50. The first-order chi connectivity index (χ1) is 6.09. The van der Waals surface area contributed by atoms with Crippen LogP contribution in [0.1, 0.15) is 32.5 Å². The molecule has 1 aromatic rings. The van der Waals surface area contributed by atoms with E-state index in [0.29, 0.717) is 5.56 Å². The SMILES string of the molecule is Cc1cc2c(s1)[C@H](C(N)=O)CC2=O. The molecule has 0 saturated heterocycles. The van der Waals surface area contributed by atoms with Gasteiger partial charge in [-0.15, -0.1) is 11.3 Å². The van der Waals surface area contributed by atoms with Crippen molar-refractivity contribution >= 4 is 23.0 Å². The topological polar surface area (TPSA) is 60.2 Å². The molecule has 2 N–H and O–H groups in total. The second-order valence-corrected chi connectivity index (χ2v) is 4.51. The van der Waals surface area contributed by atoms with Crippen LogP contribution in [0.15, 0.2) is 6.07 Å². The van der Waals surface area contributed by atoms with E-state index in [4.69, 9.17) is 5.73 Å². The molecule has 3 nitrogen and oxygen atoms in total. The lowest BCUT2D eigenvalue weighted by Crippen LogP contribution is -2.19. The van der Waals surface area contributed by atoms with Gasteiger partial charge in [0.25, 0.3) is 0 Å². The van der Waals surface area contributed by atoms with Gasteiger partial charge in [0, 0.05) is 21.7 Å². The summed E-state index contributed by atoms with van der Waals surface area (Å²) in [6, 6.07) is 1.84. The Kier molecular flexibility index (Phi) is 1.73. The third-order valence-electron chi connectivity index (χ3n) is 2.23. The molecule has 1 atom stereocenters. The van der Waals surface area contributed by atoms with Gasteiger partial charge in [-0.05, 0) is 13.0 Å². The number of ketones is 1. The third-order valence-corrected chi connectivity index (χ3v) is 3.40. The maximum atomic E-state index is 11.4. The van der Waals surface area contributed by atoms with Gasteiger partial charge in [-0.2, -0.15) is 0 Å². The molecule has 0 aliphatic heterocycles. The number of aryl methyl sites for hydroxylation is 1. The number of carbonyl (C=O) groups is 2. The van der Waals surface area contributed by atoms with Crippen LogP contribution in [0.4, 0.5) is 0 Å². The van der Waals surface area contributed by atoms with E-state index in [0.717, 1.165) is 9.75 Å². The van der Waals surface area contributed by atoms with Gasteiger partial charge in [0.05, 0.1) is 5.92 Å². The molecule has 0 fully saturated rings. The number of hydrogen-bond donors (Lipinski definition) is 1. The number of hydrogen-bond acceptors (Lipinski definition) is 3. The van der Waals surface area contributed by atoms with Crippen LogP contribution >= 0.6 is 11.3 Å². The number of fused-ring (bicyclic) bond motifs is 1. The molecule has 0 unspecified atom stereocenters. The fourth-order valence-corrected chi connectivity index (χ4v) is 2.77. The Morgan fingerprint density at radius 2 is 2.38 bits per heavy atom. The molecule has 4 heteroatoms. The molecule has 0 aromatic carbocycles. The molecule has 0 spiro atoms. The van der Waals surface area contributed by atoms with Crippen LogP contribution in [-0.4, -0.2) is 11.7 Å². The second kappa shape index (κ2) is 2.67. The van der Waals surface area contributed by atoms with E-state index in [9.17, 15) is 9.59 Å². The summed E-state index contributed by atoms with van der Waals surface area (Å²) in [5, 5.41) is 0. The quantitative estimate of drug-likeness (QED) is 0.732. The largest absolute Gasteiger partial charge is 0.369 e. The second-order valence-electron chi connectivity index (χ2n) is 3.22. The highest BCUT2D eigenvalue weighted by Gasteiger charge is 2.34. The standard InChI is InChI=1S/C9H9NO2S/c1-4-2-5-7(11)3-6(9(10)12)8(5)13-4/h2,6H,3H2,1H3,(H2,10,12)/t6-/m1/s1. The van der Waals surface area contributed by atoms with Crippen molar-refractivity contribution in [3.05, 3.63) is 21.4 Å². The summed E-state index contributed by atoms with van der Waals surface area (Å²) in [5.41, 5.74) is 5.90. The summed E-state index contributed by atoms with van der Waals surface area (Å²) < 4.78 is 0. The van der Waals surface area contributed by atoms with E-state index in [1.165, 1.54) is 11.3 Å². The minimum atomic E-state index is -0.394. The van der Waals surface area contributed by atoms with Crippen molar-refractivity contribution in [2.75, 3.05) is 0 Å². The van der Waals surface area contributed by atoms with Crippen LogP contribution in [0.3, 0.4) is 0 Å². The van der Waals surface area contributed by atoms with E-state index >= 15 is 0 Å². The highest BCUT2D eigenvalue weighted by Crippen LogP contribution is 2.38. The first-order valence-electron chi connectivity index (χ1n) is 4.02. The summed E-state index contributed by atoms with van der Waals surface area (Å²) in [4.78, 5) is 24.3. The van der Waals surface area contributed by atoms with E-state index in [-0.39, 0.29) is 18.1 Å². The summed E-state index contributed by atoms with van der Waals surface area (Å²) in [7, 11) is 0. The average molecular weight is 195 g/mol. The zero-order valence-corrected chi connectivity index (χ0v) is 7.98. The van der Waals surface area contributed by atoms with Gasteiger partial charge >= 0.3 is 0 Å². The van der Waals surface area contributed by atoms with Gasteiger partial charge < -0.3 is 5.73 Å². The number of nitrogens with two attached hydrogens (primary N) is 1. The summed E-state index contributed by atoms with van der Waals surface area (Å²) in [5.74, 6) is -0.724. The molecular formula is C9H9NO2S. The van der Waals surface area contributed by atoms with Crippen LogP contribution in [0.2, 0.25) is 0 Å². The fraction of sp³-hybridized carbons (Fsp3) is 0.333. The van der Waals surface area contributed by atoms with Crippen LogP contribution in [0.25, 0.3) is 0 Å². The van der Waals surface area contributed by atoms with Crippen molar-refractivity contribution < 1.29 is 9.59 Å². The van der Waals surface area contributed by atoms with Gasteiger partial charge in [-0.25, -0.2) is 0 Å². The Hall–Kier alpha value is -1.16. The Morgan fingerprint density at radius 3 is 3.00 bits per heavy atom. The first-order valence-corrected chi connectivity index (χ1v) is 4.84. The lowest BCUT2D eigenvalue weighted by Gasteiger charge is -2.01. The van der Waals surface area contributed by atoms with Gasteiger partial charge in [0.1, 0.15) is 0 Å². The van der Waals surface area contributed by atoms with Crippen LogP contribution in [0.5, 0.6) is 0 Å². The molecular weight excluding hydrogens is 186 g/mol. The van der Waals surface area contributed by atoms with Gasteiger partial charge in [0.15, 0.2) is 5.78 Å². The smallest absolute Gasteiger partial charge is 0.226 e. The number of amides is 1. The first kappa shape index (κ1) is 8.44. The summed E-state index contributed by atoms with van der Waals surface area (Å²) in [6.45, 7) is 1.92. The number of rotatable bonds is 1. The minimum Gasteiger partial charge on any atom is -0.369 e. The number of primary amides is 1. The molecule has 1 aliphatic carbocycles. The van der Waals surface area contributed by atoms with E-state index in [1.54, 1.807) is 0 Å². The van der Waals surface area contributed by atoms with Crippen molar-refractivity contribution in [1.82, 2.24) is 0 Å². The van der Waals surface area contributed by atoms with Crippen LogP contribution in [-0.2, 0) is 4.79 Å². The number of carbonyl (C=O) groups excluding carboxylic acids is 2. The normalized spacial score (nSPS) is 20.4. The Bertz CT molecular complexity index is 394. The minimum absolute atomic E-state index is 0.0446. The molecule has 68 valence electrons. The molecule has 0 radical (unpaired) electrons. The molecule has 1 amide bonds. The van der Waals surface area contributed by atoms with Crippen molar-refractivity contribution in [1.29, 1.82) is 0 Å². The lowest BCUT2D eigenvalue weighted by molar-refractivity contribution is -0.119. The monoisotopic (exact) mass is 195 g/mol. The van der Waals surface area contributed by atoms with Gasteiger partial charge in [0.2, 0.25) is 5.91 Å². The maximum absolute atomic E-state index is 11.4. The summed E-state index contributed by atoms with van der Waals surface area (Å²) in [6.07, 6.45) is 0.261. The number of Topliss-reactive ketones (excluding diaryl/α,β-unsaturated/α-hetero) is 1. The molecule has 2 rings (SSSR count). The highest BCUT2D eigenvalue weighted by molar-refractivity contribution is 7.12. The molecule has 13 heavy (non-hydrogen) atoms. The van der Waals surface area contributed by atoms with Crippen LogP contribution < -0.4 is 5.73 Å². The van der Waals surface area contributed by atoms with E-state index in [1.807, 2.05) is 13.0 Å². The number of thiophene rings is 1. The maximum Gasteiger partial charge on any atom is 0.226 e. The van der Waals surface area contributed by atoms with Crippen molar-refractivity contribution in [2.24, 2.45) is 5.73 Å². The molecule has 1 heterocycles. The van der Waals surface area contributed by atoms with Crippen LogP contribution in [0, 0.1) is 6.92 Å². The Balaban J connectivity index is 2.51. The molecule has 0 saturated carbocycles. The zero-order valence-electron chi connectivity index (χ0n) is 7.16. The van der Waals surface area contributed by atoms with Crippen molar-refractivity contribution in [3.8, 4) is 0 Å². The van der Waals surface area contributed by atoms with Gasteiger partial charge in [-0.3, -0.25) is 9.59 Å². The molecule has 1 aromatic heterocycles. The third kappa shape index (κ3) is 1.18. The van der Waals surface area contributed by atoms with E-state index < -0.39 is 5.91 Å². The molecule has 0 bridgehead atoms. The predicted molar refractivity (Wildman–Crippen MR) is 49.9 cm³/mol. The van der Waals surface area contributed by atoms with Crippen molar-refractivity contribution in [3.63, 3.8) is 0 Å². The highest BCUT2D eigenvalue weighted by atomic mass is 32.1. The Labute approximate surface area is 79.6 Å².